The number of hydrogen-bond acceptors (Lipinski definition) is 14. The maximum Gasteiger partial charge on any atom is 0.187 e. The third-order valence-electron chi connectivity index (χ3n) is 16.9. The predicted molar refractivity (Wildman–Crippen MR) is 359 cm³/mol. The highest BCUT2D eigenvalue weighted by Crippen LogP contribution is 2.38. The minimum atomic E-state index is -1.19. The number of rotatable bonds is 34. The SMILES string of the molecule is C1=CC(OCc2ccccc2)C(OC2OC(COCc3ccccc3)C(OC3OC(COCc4ccccc4)C(OCc4ccccc4)C(OCc4ccccc4)C3OCc3ccccc3)C(OCc3ccccc3)C2OCc2ccccc2)C(COCc2ccccc2)O1. The van der Waals surface area contributed by atoms with E-state index in [2.05, 4.69) is 0 Å². The van der Waals surface area contributed by atoms with Crippen molar-refractivity contribution in [2.45, 2.75) is 139 Å². The van der Waals surface area contributed by atoms with E-state index < -0.39 is 79.7 Å². The Morgan fingerprint density at radius 3 is 0.821 bits per heavy atom. The van der Waals surface area contributed by atoms with Crippen molar-refractivity contribution < 1.29 is 66.3 Å². The van der Waals surface area contributed by atoms with Gasteiger partial charge in [-0.25, -0.2) is 0 Å². The lowest BCUT2D eigenvalue weighted by molar-refractivity contribution is -0.384. The molecule has 0 radical (unpaired) electrons. The van der Waals surface area contributed by atoms with Crippen molar-refractivity contribution in [2.24, 2.45) is 0 Å². The van der Waals surface area contributed by atoms with Crippen molar-refractivity contribution in [3.05, 3.63) is 335 Å². The van der Waals surface area contributed by atoms with Crippen LogP contribution in [-0.2, 0) is 126 Å². The first kappa shape index (κ1) is 67.0. The van der Waals surface area contributed by atoms with E-state index in [4.69, 9.17) is 66.3 Å². The molecule has 95 heavy (non-hydrogen) atoms. The molecular weight excluding hydrogens is 1200 g/mol. The summed E-state index contributed by atoms with van der Waals surface area (Å²) in [7, 11) is 0. The Balaban J connectivity index is 0.954. The molecule has 3 heterocycles. The summed E-state index contributed by atoms with van der Waals surface area (Å²) in [6.45, 7) is 2.45. The monoisotopic (exact) mass is 1280 g/mol. The van der Waals surface area contributed by atoms with E-state index in [0.29, 0.717) is 19.8 Å². The van der Waals surface area contributed by atoms with Crippen LogP contribution >= 0.6 is 0 Å². The summed E-state index contributed by atoms with van der Waals surface area (Å²) in [6, 6.07) is 90.5. The fourth-order valence-corrected chi connectivity index (χ4v) is 11.9. The second-order valence-electron chi connectivity index (χ2n) is 23.9. The van der Waals surface area contributed by atoms with Gasteiger partial charge in [0.05, 0.1) is 85.5 Å². The highest BCUT2D eigenvalue weighted by Gasteiger charge is 2.56. The Morgan fingerprint density at radius 2 is 0.484 bits per heavy atom. The standard InChI is InChI=1S/C81H84O14/c1-10-28-60(29-11-1)48-82-57-70-73(69(46-47-85-70)86-51-63-34-16-4-17-35-63)94-80-79(91-56-68-44-26-9-27-45-68)77(89-54-66-40-22-7-23-41-66)75(72(93-80)59-84-50-62-32-14-3-15-33-62)95-81-78(90-55-67-42-24-8-25-43-67)76(88-53-65-38-20-6-21-39-65)74(87-52-64-36-18-5-19-37-64)71(92-81)58-83-49-61-30-12-2-13-31-61/h1-47,69-81H,48-59H2. The first-order valence-corrected chi connectivity index (χ1v) is 32.8. The van der Waals surface area contributed by atoms with Crippen LogP contribution in [-0.4, -0.2) is 99.5 Å². The Morgan fingerprint density at radius 1 is 0.232 bits per heavy atom. The van der Waals surface area contributed by atoms with E-state index in [1.807, 2.05) is 279 Å². The quantitative estimate of drug-likeness (QED) is 0.0379. The minimum Gasteiger partial charge on any atom is -0.493 e. The van der Waals surface area contributed by atoms with Crippen LogP contribution in [0.3, 0.4) is 0 Å². The van der Waals surface area contributed by atoms with Crippen LogP contribution in [0.4, 0.5) is 0 Å². The van der Waals surface area contributed by atoms with Crippen LogP contribution in [0.25, 0.3) is 0 Å². The molecule has 14 heteroatoms. The molecule has 9 aromatic rings. The molecule has 9 aromatic carbocycles. The molecule has 0 N–H and O–H groups in total. The Bertz CT molecular complexity index is 3570. The highest BCUT2D eigenvalue weighted by atomic mass is 16.8. The van der Waals surface area contributed by atoms with E-state index in [-0.39, 0.29) is 59.5 Å². The van der Waals surface area contributed by atoms with Gasteiger partial charge in [0.2, 0.25) is 0 Å². The lowest BCUT2D eigenvalue weighted by Crippen LogP contribution is -2.67. The first-order valence-electron chi connectivity index (χ1n) is 32.8. The van der Waals surface area contributed by atoms with Gasteiger partial charge in [0, 0.05) is 0 Å². The Kier molecular flexibility index (Phi) is 25.5. The van der Waals surface area contributed by atoms with Crippen molar-refractivity contribution in [1.29, 1.82) is 0 Å². The van der Waals surface area contributed by atoms with Crippen LogP contribution in [0, 0.1) is 0 Å². The maximum atomic E-state index is 7.80. The van der Waals surface area contributed by atoms with E-state index >= 15 is 0 Å². The van der Waals surface area contributed by atoms with Crippen molar-refractivity contribution in [3.63, 3.8) is 0 Å². The topological polar surface area (TPSA) is 129 Å². The van der Waals surface area contributed by atoms with Crippen LogP contribution in [0.1, 0.15) is 50.1 Å². The number of hydrogen-bond donors (Lipinski definition) is 0. The zero-order valence-corrected chi connectivity index (χ0v) is 53.3. The average Bonchev–Trinajstić information content (AvgIpc) is 0.794. The molecule has 14 nitrogen and oxygen atoms in total. The molecule has 13 unspecified atom stereocenters. The third-order valence-corrected chi connectivity index (χ3v) is 16.9. The fourth-order valence-electron chi connectivity index (χ4n) is 11.9. The molecule has 3 aliphatic rings. The fraction of sp³-hybridized carbons (Fsp3) is 0.309. The smallest absolute Gasteiger partial charge is 0.187 e. The molecule has 492 valence electrons. The minimum absolute atomic E-state index is 0.0112. The average molecular weight is 1280 g/mol. The largest absolute Gasteiger partial charge is 0.493 e. The third kappa shape index (κ3) is 20.0. The Hall–Kier alpha value is -8.00. The normalized spacial score (nSPS) is 24.2. The van der Waals surface area contributed by atoms with Crippen molar-refractivity contribution in [1.82, 2.24) is 0 Å². The van der Waals surface area contributed by atoms with Crippen molar-refractivity contribution in [3.8, 4) is 0 Å². The Labute approximate surface area is 558 Å². The van der Waals surface area contributed by atoms with Gasteiger partial charge in [0.15, 0.2) is 18.7 Å². The summed E-state index contributed by atoms with van der Waals surface area (Å²) in [5.41, 5.74) is 8.71. The lowest BCUT2D eigenvalue weighted by atomic mass is 9.95. The number of benzene rings is 9. The van der Waals surface area contributed by atoms with E-state index in [0.717, 1.165) is 50.1 Å². The van der Waals surface area contributed by atoms with Gasteiger partial charge >= 0.3 is 0 Å². The molecule has 12 rings (SSSR count). The summed E-state index contributed by atoms with van der Waals surface area (Å²) >= 11 is 0. The summed E-state index contributed by atoms with van der Waals surface area (Å²) < 4.78 is 99.9. The van der Waals surface area contributed by atoms with Gasteiger partial charge in [-0.1, -0.05) is 273 Å². The van der Waals surface area contributed by atoms with Gasteiger partial charge in [0.25, 0.3) is 0 Å². The van der Waals surface area contributed by atoms with Crippen LogP contribution in [0.15, 0.2) is 285 Å². The van der Waals surface area contributed by atoms with Crippen LogP contribution < -0.4 is 0 Å². The molecule has 0 aromatic heterocycles. The second kappa shape index (κ2) is 36.2. The second-order valence-corrected chi connectivity index (χ2v) is 23.9. The van der Waals surface area contributed by atoms with Gasteiger partial charge < -0.3 is 66.3 Å². The predicted octanol–water partition coefficient (Wildman–Crippen LogP) is 14.3. The molecule has 3 aliphatic heterocycles. The van der Waals surface area contributed by atoms with Gasteiger partial charge in [-0.2, -0.15) is 0 Å². The maximum absolute atomic E-state index is 7.80. The molecule has 2 fully saturated rings. The molecule has 0 aliphatic carbocycles. The molecule has 0 saturated carbocycles. The summed E-state index contributed by atoms with van der Waals surface area (Å²) in [4.78, 5) is 0. The van der Waals surface area contributed by atoms with E-state index in [9.17, 15) is 0 Å². The molecule has 0 spiro atoms. The summed E-state index contributed by atoms with van der Waals surface area (Å²) in [6.07, 6.45) is -8.16. The molecule has 2 saturated heterocycles. The van der Waals surface area contributed by atoms with Crippen molar-refractivity contribution in [2.75, 3.05) is 19.8 Å². The van der Waals surface area contributed by atoms with Gasteiger partial charge in [-0.05, 0) is 56.1 Å². The van der Waals surface area contributed by atoms with Gasteiger partial charge in [-0.15, -0.1) is 0 Å². The zero-order valence-electron chi connectivity index (χ0n) is 53.3. The van der Waals surface area contributed by atoms with Crippen molar-refractivity contribution >= 4 is 0 Å². The molecule has 0 bridgehead atoms. The van der Waals surface area contributed by atoms with E-state index in [1.54, 1.807) is 6.26 Å². The lowest BCUT2D eigenvalue weighted by Gasteiger charge is -2.51. The molecule has 13 atom stereocenters. The van der Waals surface area contributed by atoms with Crippen LogP contribution in [0.5, 0.6) is 0 Å². The van der Waals surface area contributed by atoms with Crippen LogP contribution in [0.2, 0.25) is 0 Å². The zero-order chi connectivity index (χ0) is 64.3. The molecule has 0 amide bonds. The molecular formula is C81H84O14. The van der Waals surface area contributed by atoms with Gasteiger partial charge in [0.1, 0.15) is 61.0 Å². The summed E-state index contributed by atoms with van der Waals surface area (Å²) in [5.74, 6) is 0. The first-order chi connectivity index (χ1) is 47.1. The van der Waals surface area contributed by atoms with E-state index in [1.165, 1.54) is 0 Å². The number of ether oxygens (including phenoxy) is 14. The highest BCUT2D eigenvalue weighted by molar-refractivity contribution is 5.21. The van der Waals surface area contributed by atoms with Gasteiger partial charge in [-0.3, -0.25) is 0 Å². The summed E-state index contributed by atoms with van der Waals surface area (Å²) in [5, 5.41) is 0.